The fourth-order valence-electron chi connectivity index (χ4n) is 2.89. The van der Waals surface area contributed by atoms with Crippen molar-refractivity contribution in [2.45, 2.75) is 32.7 Å². The Morgan fingerprint density at radius 3 is 2.60 bits per heavy atom. The van der Waals surface area contributed by atoms with Crippen molar-refractivity contribution in [1.82, 2.24) is 14.8 Å². The summed E-state index contributed by atoms with van der Waals surface area (Å²) in [7, 11) is 0. The summed E-state index contributed by atoms with van der Waals surface area (Å²) in [5, 5.41) is 0.434. The molecule has 0 saturated carbocycles. The number of amides is 1. The molecule has 1 aliphatic rings. The summed E-state index contributed by atoms with van der Waals surface area (Å²) in [4.78, 5) is 20.7. The van der Waals surface area contributed by atoms with Crippen LogP contribution in [0.4, 0.5) is 0 Å². The Kier molecular flexibility index (Phi) is 5.38. The van der Waals surface area contributed by atoms with Crippen LogP contribution in [0.3, 0.4) is 0 Å². The summed E-state index contributed by atoms with van der Waals surface area (Å²) < 4.78 is 0. The van der Waals surface area contributed by atoms with Crippen LogP contribution >= 0.6 is 11.6 Å². The molecular formula is C15H22ClN3O. The molecule has 0 radical (unpaired) electrons. The monoisotopic (exact) mass is 295 g/mol. The van der Waals surface area contributed by atoms with Gasteiger partial charge >= 0.3 is 0 Å². The Hall–Kier alpha value is -1.13. The van der Waals surface area contributed by atoms with Crippen molar-refractivity contribution in [3.63, 3.8) is 0 Å². The van der Waals surface area contributed by atoms with E-state index in [-0.39, 0.29) is 5.91 Å². The zero-order valence-electron chi connectivity index (χ0n) is 12.2. The Morgan fingerprint density at radius 2 is 2.05 bits per heavy atom. The van der Waals surface area contributed by atoms with E-state index in [2.05, 4.69) is 23.7 Å². The third kappa shape index (κ3) is 3.30. The lowest BCUT2D eigenvalue weighted by atomic mass is 10.0. The largest absolute Gasteiger partial charge is 0.338 e. The first-order valence-electron chi connectivity index (χ1n) is 7.30. The third-order valence-corrected chi connectivity index (χ3v) is 4.38. The van der Waals surface area contributed by atoms with Gasteiger partial charge in [0.1, 0.15) is 0 Å². The summed E-state index contributed by atoms with van der Waals surface area (Å²) >= 11 is 6.04. The molecule has 5 heteroatoms. The summed E-state index contributed by atoms with van der Waals surface area (Å²) in [5.74, 6) is 0.0235. The van der Waals surface area contributed by atoms with Crippen LogP contribution < -0.4 is 0 Å². The normalized spacial score (nSPS) is 16.7. The molecule has 2 rings (SSSR count). The Balaban J connectivity index is 1.97. The van der Waals surface area contributed by atoms with Gasteiger partial charge in [0.05, 0.1) is 10.6 Å². The lowest BCUT2D eigenvalue weighted by Crippen LogP contribution is -2.46. The first kappa shape index (κ1) is 15.3. The second-order valence-electron chi connectivity index (χ2n) is 5.10. The molecule has 1 aromatic rings. The Labute approximate surface area is 125 Å². The van der Waals surface area contributed by atoms with Gasteiger partial charge in [-0.25, -0.2) is 0 Å². The van der Waals surface area contributed by atoms with Crippen LogP contribution in [0.5, 0.6) is 0 Å². The van der Waals surface area contributed by atoms with Gasteiger partial charge in [0.15, 0.2) is 0 Å². The van der Waals surface area contributed by atoms with Gasteiger partial charge in [-0.15, -0.1) is 0 Å². The standard InChI is InChI=1S/C15H22ClN3O/c1-3-18(4-2)12-6-9-19(10-7-12)15(20)13-5-8-17-11-14(13)16/h5,8,11-12H,3-4,6-7,9-10H2,1-2H3. The molecule has 1 saturated heterocycles. The van der Waals surface area contributed by atoms with Crippen molar-refractivity contribution < 1.29 is 4.79 Å². The highest BCUT2D eigenvalue weighted by Crippen LogP contribution is 2.21. The molecule has 110 valence electrons. The molecule has 1 amide bonds. The number of halogens is 1. The van der Waals surface area contributed by atoms with E-state index in [1.165, 1.54) is 6.20 Å². The fraction of sp³-hybridized carbons (Fsp3) is 0.600. The zero-order chi connectivity index (χ0) is 14.5. The minimum atomic E-state index is 0.0235. The molecule has 0 aromatic carbocycles. The van der Waals surface area contributed by atoms with E-state index >= 15 is 0 Å². The van der Waals surface area contributed by atoms with Crippen LogP contribution in [-0.2, 0) is 0 Å². The summed E-state index contributed by atoms with van der Waals surface area (Å²) in [6.45, 7) is 8.14. The van der Waals surface area contributed by atoms with E-state index in [1.807, 2.05) is 4.90 Å². The highest BCUT2D eigenvalue weighted by molar-refractivity contribution is 6.33. The molecule has 0 bridgehead atoms. The van der Waals surface area contributed by atoms with E-state index in [0.29, 0.717) is 16.6 Å². The van der Waals surface area contributed by atoms with Crippen LogP contribution in [0.2, 0.25) is 5.02 Å². The predicted octanol–water partition coefficient (Wildman–Crippen LogP) is 2.68. The number of hydrogen-bond acceptors (Lipinski definition) is 3. The molecule has 1 aliphatic heterocycles. The van der Waals surface area contributed by atoms with Gasteiger partial charge in [-0.3, -0.25) is 9.78 Å². The van der Waals surface area contributed by atoms with Crippen molar-refractivity contribution in [2.75, 3.05) is 26.2 Å². The average molecular weight is 296 g/mol. The topological polar surface area (TPSA) is 36.4 Å². The molecule has 2 heterocycles. The number of aromatic nitrogens is 1. The first-order chi connectivity index (χ1) is 9.67. The number of carbonyl (C=O) groups is 1. The highest BCUT2D eigenvalue weighted by atomic mass is 35.5. The Morgan fingerprint density at radius 1 is 1.40 bits per heavy atom. The van der Waals surface area contributed by atoms with E-state index in [0.717, 1.165) is 39.0 Å². The van der Waals surface area contributed by atoms with Crippen LogP contribution in [0.25, 0.3) is 0 Å². The van der Waals surface area contributed by atoms with Crippen molar-refractivity contribution >= 4 is 17.5 Å². The van der Waals surface area contributed by atoms with Gasteiger partial charge in [0, 0.05) is 31.5 Å². The van der Waals surface area contributed by atoms with Gasteiger partial charge in [-0.1, -0.05) is 25.4 Å². The zero-order valence-corrected chi connectivity index (χ0v) is 12.9. The molecule has 0 unspecified atom stereocenters. The third-order valence-electron chi connectivity index (χ3n) is 4.08. The fourth-order valence-corrected chi connectivity index (χ4v) is 3.09. The number of carbonyl (C=O) groups excluding carboxylic acids is 1. The van der Waals surface area contributed by atoms with E-state index in [1.54, 1.807) is 12.3 Å². The summed E-state index contributed by atoms with van der Waals surface area (Å²) in [6.07, 6.45) is 5.21. The second kappa shape index (κ2) is 7.04. The summed E-state index contributed by atoms with van der Waals surface area (Å²) in [6, 6.07) is 2.29. The lowest BCUT2D eigenvalue weighted by molar-refractivity contribution is 0.0631. The van der Waals surface area contributed by atoms with Crippen molar-refractivity contribution in [2.24, 2.45) is 0 Å². The molecule has 0 N–H and O–H groups in total. The van der Waals surface area contributed by atoms with E-state index in [9.17, 15) is 4.79 Å². The molecule has 20 heavy (non-hydrogen) atoms. The number of piperidine rings is 1. The Bertz CT molecular complexity index is 454. The number of hydrogen-bond donors (Lipinski definition) is 0. The van der Waals surface area contributed by atoms with Crippen LogP contribution in [0.1, 0.15) is 37.0 Å². The maximum atomic E-state index is 12.4. The molecule has 4 nitrogen and oxygen atoms in total. The van der Waals surface area contributed by atoms with Crippen molar-refractivity contribution in [1.29, 1.82) is 0 Å². The van der Waals surface area contributed by atoms with Crippen molar-refractivity contribution in [3.8, 4) is 0 Å². The van der Waals surface area contributed by atoms with Gasteiger partial charge in [-0.05, 0) is 32.0 Å². The average Bonchev–Trinajstić information content (AvgIpc) is 2.49. The molecular weight excluding hydrogens is 274 g/mol. The number of likely N-dealkylation sites (tertiary alicyclic amines) is 1. The minimum Gasteiger partial charge on any atom is -0.338 e. The quantitative estimate of drug-likeness (QED) is 0.857. The number of rotatable bonds is 4. The van der Waals surface area contributed by atoms with Gasteiger partial charge in [0.2, 0.25) is 0 Å². The molecule has 1 aromatic heterocycles. The van der Waals surface area contributed by atoms with E-state index < -0.39 is 0 Å². The van der Waals surface area contributed by atoms with Crippen molar-refractivity contribution in [3.05, 3.63) is 29.0 Å². The number of nitrogens with zero attached hydrogens (tertiary/aromatic N) is 3. The van der Waals surface area contributed by atoms with Crippen LogP contribution in [0.15, 0.2) is 18.5 Å². The maximum absolute atomic E-state index is 12.4. The molecule has 0 aliphatic carbocycles. The smallest absolute Gasteiger partial charge is 0.255 e. The highest BCUT2D eigenvalue weighted by Gasteiger charge is 2.26. The van der Waals surface area contributed by atoms with Gasteiger partial charge in [-0.2, -0.15) is 0 Å². The molecule has 0 atom stereocenters. The molecule has 1 fully saturated rings. The lowest BCUT2D eigenvalue weighted by Gasteiger charge is -2.37. The second-order valence-corrected chi connectivity index (χ2v) is 5.51. The van der Waals surface area contributed by atoms with Crippen LogP contribution in [-0.4, -0.2) is 52.9 Å². The molecule has 0 spiro atoms. The van der Waals surface area contributed by atoms with Gasteiger partial charge < -0.3 is 9.80 Å². The summed E-state index contributed by atoms with van der Waals surface area (Å²) in [5.41, 5.74) is 0.558. The number of pyridine rings is 1. The van der Waals surface area contributed by atoms with Gasteiger partial charge in [0.25, 0.3) is 5.91 Å². The predicted molar refractivity (Wildman–Crippen MR) is 81.1 cm³/mol. The SMILES string of the molecule is CCN(CC)C1CCN(C(=O)c2ccncc2Cl)CC1. The maximum Gasteiger partial charge on any atom is 0.255 e. The van der Waals surface area contributed by atoms with E-state index in [4.69, 9.17) is 11.6 Å². The minimum absolute atomic E-state index is 0.0235. The van der Waals surface area contributed by atoms with Crippen LogP contribution in [0, 0.1) is 0 Å². The first-order valence-corrected chi connectivity index (χ1v) is 7.68.